The van der Waals surface area contributed by atoms with Crippen molar-refractivity contribution in [1.29, 1.82) is 0 Å². The number of rotatable bonds is 5. The number of ether oxygens (including phenoxy) is 1. The topological polar surface area (TPSA) is 74.9 Å². The summed E-state index contributed by atoms with van der Waals surface area (Å²) in [5.74, 6) is 2.11. The second kappa shape index (κ2) is 9.05. The lowest BCUT2D eigenvalue weighted by molar-refractivity contribution is 0.0925. The highest BCUT2D eigenvalue weighted by Gasteiger charge is 2.39. The summed E-state index contributed by atoms with van der Waals surface area (Å²) in [6, 6.07) is 11.9. The number of aliphatic hydroxyl groups excluding tert-OH is 1. The molecule has 170 valence electrons. The van der Waals surface area contributed by atoms with Gasteiger partial charge in [-0.2, -0.15) is 0 Å². The fourth-order valence-electron chi connectivity index (χ4n) is 5.22. The van der Waals surface area contributed by atoms with Gasteiger partial charge in [-0.05, 0) is 55.9 Å². The summed E-state index contributed by atoms with van der Waals surface area (Å²) in [6.07, 6.45) is 4.55. The average Bonchev–Trinajstić information content (AvgIpc) is 2.82. The molecule has 33 heavy (non-hydrogen) atoms. The van der Waals surface area contributed by atoms with Crippen molar-refractivity contribution in [2.45, 2.75) is 56.8 Å². The van der Waals surface area contributed by atoms with Crippen LogP contribution in [0, 0.1) is 6.57 Å². The largest absolute Gasteiger partial charge is 0.495 e. The van der Waals surface area contributed by atoms with E-state index in [1.165, 1.54) is 6.42 Å². The maximum Gasteiger partial charge on any atom is 0.188 e. The fraction of sp³-hybridized carbons (Fsp3) is 0.400. The van der Waals surface area contributed by atoms with E-state index in [4.69, 9.17) is 22.9 Å². The van der Waals surface area contributed by atoms with E-state index < -0.39 is 0 Å². The molecule has 3 heterocycles. The van der Waals surface area contributed by atoms with E-state index in [9.17, 15) is 5.11 Å². The molecule has 2 atom stereocenters. The van der Waals surface area contributed by atoms with E-state index in [1.807, 2.05) is 36.4 Å². The third kappa shape index (κ3) is 4.17. The first kappa shape index (κ1) is 21.7. The molecular weight excluding hydrogens is 438 g/mol. The molecule has 1 aromatic heterocycles. The Bertz CT molecular complexity index is 1210. The SMILES string of the molecule is [C-]#[N+]c1ccc2c(N3C4CCCC3CC(O)C4)nnc(NCc3ccc(OC)c(Cl)c3)c2c1. The van der Waals surface area contributed by atoms with Crippen molar-refractivity contribution in [2.24, 2.45) is 0 Å². The Morgan fingerprint density at radius 1 is 1.15 bits per heavy atom. The summed E-state index contributed by atoms with van der Waals surface area (Å²) < 4.78 is 5.23. The number of hydrogen-bond acceptors (Lipinski definition) is 6. The predicted octanol–water partition coefficient (Wildman–Crippen LogP) is 5.34. The Morgan fingerprint density at radius 2 is 1.94 bits per heavy atom. The molecule has 5 rings (SSSR count). The summed E-state index contributed by atoms with van der Waals surface area (Å²) in [4.78, 5) is 5.99. The minimum Gasteiger partial charge on any atom is -0.495 e. The monoisotopic (exact) mass is 463 g/mol. The van der Waals surface area contributed by atoms with Gasteiger partial charge in [-0.3, -0.25) is 0 Å². The molecule has 2 aromatic carbocycles. The van der Waals surface area contributed by atoms with Crippen molar-refractivity contribution in [1.82, 2.24) is 10.2 Å². The van der Waals surface area contributed by atoms with Crippen LogP contribution in [0.1, 0.15) is 37.7 Å². The van der Waals surface area contributed by atoms with Gasteiger partial charge in [0.15, 0.2) is 17.3 Å². The van der Waals surface area contributed by atoms with Crippen molar-refractivity contribution in [2.75, 3.05) is 17.3 Å². The summed E-state index contributed by atoms with van der Waals surface area (Å²) in [5.41, 5.74) is 1.55. The molecule has 0 saturated carbocycles. The van der Waals surface area contributed by atoms with E-state index in [1.54, 1.807) is 7.11 Å². The van der Waals surface area contributed by atoms with Gasteiger partial charge in [0.05, 0.1) is 24.8 Å². The quantitative estimate of drug-likeness (QED) is 0.498. The number of aliphatic hydroxyl groups is 1. The second-order valence-electron chi connectivity index (χ2n) is 8.81. The van der Waals surface area contributed by atoms with Gasteiger partial charge in [0, 0.05) is 29.4 Å². The van der Waals surface area contributed by atoms with Crippen molar-refractivity contribution in [3.05, 3.63) is 58.4 Å². The minimum absolute atomic E-state index is 0.248. The molecule has 2 fully saturated rings. The number of hydrogen-bond donors (Lipinski definition) is 2. The molecule has 0 amide bonds. The molecule has 2 unspecified atom stereocenters. The molecule has 2 bridgehead atoms. The van der Waals surface area contributed by atoms with Crippen LogP contribution in [0.4, 0.5) is 17.3 Å². The van der Waals surface area contributed by atoms with Gasteiger partial charge in [-0.15, -0.1) is 10.2 Å². The van der Waals surface area contributed by atoms with Crippen LogP contribution in [0.3, 0.4) is 0 Å². The number of anilines is 2. The molecule has 0 aliphatic carbocycles. The zero-order chi connectivity index (χ0) is 22.9. The van der Waals surface area contributed by atoms with Gasteiger partial charge in [0.1, 0.15) is 5.75 Å². The molecule has 7 nitrogen and oxygen atoms in total. The minimum atomic E-state index is -0.248. The Morgan fingerprint density at radius 3 is 2.64 bits per heavy atom. The first-order valence-electron chi connectivity index (χ1n) is 11.3. The van der Waals surface area contributed by atoms with Gasteiger partial charge in [0.25, 0.3) is 0 Å². The van der Waals surface area contributed by atoms with Gasteiger partial charge in [-0.1, -0.05) is 29.8 Å². The van der Waals surface area contributed by atoms with Crippen LogP contribution in [-0.4, -0.2) is 40.6 Å². The Labute approximate surface area is 198 Å². The number of methoxy groups -OCH3 is 1. The molecule has 2 N–H and O–H groups in total. The maximum atomic E-state index is 10.3. The van der Waals surface area contributed by atoms with Crippen molar-refractivity contribution < 1.29 is 9.84 Å². The highest BCUT2D eigenvalue weighted by atomic mass is 35.5. The highest BCUT2D eigenvalue weighted by molar-refractivity contribution is 6.32. The van der Waals surface area contributed by atoms with E-state index in [-0.39, 0.29) is 18.2 Å². The molecule has 2 aliphatic rings. The summed E-state index contributed by atoms with van der Waals surface area (Å²) in [6.45, 7) is 7.98. The van der Waals surface area contributed by atoms with Gasteiger partial charge in [0.2, 0.25) is 0 Å². The first-order valence-corrected chi connectivity index (χ1v) is 11.7. The van der Waals surface area contributed by atoms with Gasteiger partial charge < -0.3 is 20.1 Å². The maximum absolute atomic E-state index is 10.3. The first-order chi connectivity index (χ1) is 16.1. The lowest BCUT2D eigenvalue weighted by Gasteiger charge is -2.48. The van der Waals surface area contributed by atoms with Crippen LogP contribution in [0.15, 0.2) is 36.4 Å². The van der Waals surface area contributed by atoms with Crippen LogP contribution in [0.2, 0.25) is 5.02 Å². The van der Waals surface area contributed by atoms with Crippen molar-refractivity contribution in [3.8, 4) is 5.75 Å². The molecular formula is C25H26ClN5O2. The normalized spacial score (nSPS) is 22.1. The lowest BCUT2D eigenvalue weighted by Crippen LogP contribution is -2.54. The third-order valence-corrected chi connectivity index (χ3v) is 7.04. The molecule has 3 aromatic rings. The predicted molar refractivity (Wildman–Crippen MR) is 130 cm³/mol. The summed E-state index contributed by atoms with van der Waals surface area (Å²) in [7, 11) is 1.59. The van der Waals surface area contributed by atoms with Crippen LogP contribution >= 0.6 is 11.6 Å². The fourth-order valence-corrected chi connectivity index (χ4v) is 5.50. The molecule has 8 heteroatoms. The van der Waals surface area contributed by atoms with E-state index in [0.717, 1.165) is 47.8 Å². The molecule has 0 radical (unpaired) electrons. The van der Waals surface area contributed by atoms with Crippen molar-refractivity contribution >= 4 is 39.7 Å². The van der Waals surface area contributed by atoms with Crippen LogP contribution < -0.4 is 15.0 Å². The average molecular weight is 464 g/mol. The van der Waals surface area contributed by atoms with Gasteiger partial charge in [-0.25, -0.2) is 4.85 Å². The zero-order valence-electron chi connectivity index (χ0n) is 18.5. The Balaban J connectivity index is 1.50. The Kier molecular flexibility index (Phi) is 5.96. The lowest BCUT2D eigenvalue weighted by atomic mass is 9.82. The zero-order valence-corrected chi connectivity index (χ0v) is 19.2. The Hall–Kier alpha value is -3.08. The number of fused-ring (bicyclic) bond motifs is 3. The standard InChI is InChI=1S/C25H26ClN5O2/c1-27-16-7-8-20-21(11-16)24(28-14-15-6-9-23(33-2)22(26)10-15)29-30-25(20)31-17-4-3-5-18(31)13-19(32)12-17/h6-11,17-19,32H,3-5,12-14H2,2H3,(H,28,29). The molecule has 2 saturated heterocycles. The molecule has 2 aliphatic heterocycles. The van der Waals surface area contributed by atoms with Crippen LogP contribution in [0.25, 0.3) is 15.6 Å². The number of aromatic nitrogens is 2. The van der Waals surface area contributed by atoms with E-state index >= 15 is 0 Å². The summed E-state index contributed by atoms with van der Waals surface area (Å²) in [5, 5.41) is 25.3. The van der Waals surface area contributed by atoms with Crippen molar-refractivity contribution in [3.63, 3.8) is 0 Å². The number of nitrogens with one attached hydrogen (secondary N) is 1. The number of nitrogens with zero attached hydrogens (tertiary/aromatic N) is 4. The van der Waals surface area contributed by atoms with Crippen LogP contribution in [-0.2, 0) is 6.54 Å². The molecule has 0 spiro atoms. The van der Waals surface area contributed by atoms with E-state index in [0.29, 0.717) is 28.8 Å². The smallest absolute Gasteiger partial charge is 0.188 e. The number of halogens is 1. The van der Waals surface area contributed by atoms with Crippen LogP contribution in [0.5, 0.6) is 5.75 Å². The van der Waals surface area contributed by atoms with Gasteiger partial charge >= 0.3 is 0 Å². The highest BCUT2D eigenvalue weighted by Crippen LogP contribution is 2.41. The summed E-state index contributed by atoms with van der Waals surface area (Å²) >= 11 is 6.27. The number of benzene rings is 2. The number of piperidine rings is 2. The third-order valence-electron chi connectivity index (χ3n) is 6.74. The van der Waals surface area contributed by atoms with E-state index in [2.05, 4.69) is 25.3 Å². The second-order valence-corrected chi connectivity index (χ2v) is 9.21.